The molecule has 1 unspecified atom stereocenters. The Bertz CT molecular complexity index is 888. The normalized spacial score (nSPS) is 25.6. The second-order valence-electron chi connectivity index (χ2n) is 10.2. The number of rotatable bonds is 8. The van der Waals surface area contributed by atoms with Crippen molar-refractivity contribution in [3.8, 4) is 0 Å². The van der Waals surface area contributed by atoms with Crippen LogP contribution in [0.1, 0.15) is 52.5 Å². The Kier molecular flexibility index (Phi) is 8.00. The molecule has 2 aliphatic rings. The number of ether oxygens (including phenoxy) is 3. The van der Waals surface area contributed by atoms with E-state index in [1.54, 1.807) is 13.8 Å². The van der Waals surface area contributed by atoms with Gasteiger partial charge in [-0.15, -0.1) is 0 Å². The fourth-order valence-corrected chi connectivity index (χ4v) is 4.50. The zero-order valence-electron chi connectivity index (χ0n) is 20.6. The molecule has 2 heterocycles. The van der Waals surface area contributed by atoms with Crippen LogP contribution in [-0.4, -0.2) is 66.4 Å². The summed E-state index contributed by atoms with van der Waals surface area (Å²) in [6.45, 7) is 8.38. The maximum atomic E-state index is 13.2. The molecule has 3 rings (SSSR count). The van der Waals surface area contributed by atoms with Crippen molar-refractivity contribution >= 4 is 17.8 Å². The lowest BCUT2D eigenvalue weighted by Crippen LogP contribution is -2.59. The second-order valence-corrected chi connectivity index (χ2v) is 10.2. The summed E-state index contributed by atoms with van der Waals surface area (Å²) >= 11 is 0. The average Bonchev–Trinajstić information content (AvgIpc) is 3.25. The lowest BCUT2D eigenvalue weighted by atomic mass is 9.85. The van der Waals surface area contributed by atoms with Crippen molar-refractivity contribution < 1.29 is 28.6 Å². The SMILES string of the molecule is CC1(C)OCC(C)(C)C(C(=O)NCCC(=O)[C@]2(CN)CCCN2C(=O)OCc2ccccc2)O1. The molecule has 0 radical (unpaired) electrons. The third kappa shape index (κ3) is 5.76. The molecule has 34 heavy (non-hydrogen) atoms. The van der Waals surface area contributed by atoms with E-state index in [-0.39, 0.29) is 37.8 Å². The number of ketones is 1. The fraction of sp³-hybridized carbons (Fsp3) is 0.640. The smallest absolute Gasteiger partial charge is 0.410 e. The summed E-state index contributed by atoms with van der Waals surface area (Å²) in [5, 5.41) is 2.82. The summed E-state index contributed by atoms with van der Waals surface area (Å²) in [5.41, 5.74) is 5.27. The third-order valence-electron chi connectivity index (χ3n) is 6.56. The lowest BCUT2D eigenvalue weighted by molar-refractivity contribution is -0.304. The van der Waals surface area contributed by atoms with Crippen LogP contribution in [0.4, 0.5) is 4.79 Å². The largest absolute Gasteiger partial charge is 0.445 e. The summed E-state index contributed by atoms with van der Waals surface area (Å²) in [6, 6.07) is 9.36. The van der Waals surface area contributed by atoms with Gasteiger partial charge < -0.3 is 25.3 Å². The van der Waals surface area contributed by atoms with Crippen LogP contribution in [0.2, 0.25) is 0 Å². The Morgan fingerprint density at radius 3 is 2.56 bits per heavy atom. The van der Waals surface area contributed by atoms with Crippen LogP contribution >= 0.6 is 0 Å². The monoisotopic (exact) mass is 475 g/mol. The Morgan fingerprint density at radius 2 is 1.88 bits per heavy atom. The first-order valence-corrected chi connectivity index (χ1v) is 11.8. The topological polar surface area (TPSA) is 120 Å². The van der Waals surface area contributed by atoms with Crippen molar-refractivity contribution in [3.05, 3.63) is 35.9 Å². The van der Waals surface area contributed by atoms with Crippen molar-refractivity contribution in [2.45, 2.75) is 71.0 Å². The Hall–Kier alpha value is -2.49. The van der Waals surface area contributed by atoms with Gasteiger partial charge in [0, 0.05) is 31.5 Å². The van der Waals surface area contributed by atoms with E-state index in [1.807, 2.05) is 44.2 Å². The number of carbonyl (C=O) groups is 3. The van der Waals surface area contributed by atoms with Gasteiger partial charge in [0.15, 0.2) is 11.6 Å². The van der Waals surface area contributed by atoms with Crippen LogP contribution in [0.5, 0.6) is 0 Å². The van der Waals surface area contributed by atoms with E-state index in [1.165, 1.54) is 4.90 Å². The number of amides is 2. The molecule has 3 N–H and O–H groups in total. The molecule has 2 atom stereocenters. The van der Waals surface area contributed by atoms with Gasteiger partial charge in [0.05, 0.1) is 6.61 Å². The molecular weight excluding hydrogens is 438 g/mol. The van der Waals surface area contributed by atoms with E-state index in [0.717, 1.165) is 5.56 Å². The Labute approximate surface area is 201 Å². The van der Waals surface area contributed by atoms with Gasteiger partial charge in [-0.2, -0.15) is 0 Å². The van der Waals surface area contributed by atoms with E-state index < -0.39 is 28.9 Å². The molecule has 2 amide bonds. The lowest BCUT2D eigenvalue weighted by Gasteiger charge is -2.44. The average molecular weight is 476 g/mol. The number of nitrogens with one attached hydrogen (secondary N) is 1. The Balaban J connectivity index is 1.57. The number of nitrogens with zero attached hydrogens (tertiary/aromatic N) is 1. The highest BCUT2D eigenvalue weighted by Gasteiger charge is 2.49. The van der Waals surface area contributed by atoms with Crippen LogP contribution < -0.4 is 11.1 Å². The van der Waals surface area contributed by atoms with Gasteiger partial charge in [-0.3, -0.25) is 14.5 Å². The van der Waals surface area contributed by atoms with Gasteiger partial charge in [0.2, 0.25) is 5.91 Å². The summed E-state index contributed by atoms with van der Waals surface area (Å²) < 4.78 is 17.0. The van der Waals surface area contributed by atoms with Crippen LogP contribution in [-0.2, 0) is 30.4 Å². The molecule has 2 fully saturated rings. The molecule has 1 aromatic carbocycles. The summed E-state index contributed by atoms with van der Waals surface area (Å²) in [6.07, 6.45) is -0.0662. The predicted octanol–water partition coefficient (Wildman–Crippen LogP) is 2.37. The maximum absolute atomic E-state index is 13.2. The molecular formula is C25H37N3O6. The fourth-order valence-electron chi connectivity index (χ4n) is 4.50. The third-order valence-corrected chi connectivity index (χ3v) is 6.56. The second kappa shape index (κ2) is 10.4. The van der Waals surface area contributed by atoms with E-state index in [4.69, 9.17) is 19.9 Å². The van der Waals surface area contributed by atoms with Gasteiger partial charge >= 0.3 is 6.09 Å². The summed E-state index contributed by atoms with van der Waals surface area (Å²) in [4.78, 5) is 40.3. The first-order valence-electron chi connectivity index (χ1n) is 11.8. The first kappa shape index (κ1) is 26.1. The number of benzene rings is 1. The van der Waals surface area contributed by atoms with Crippen molar-refractivity contribution in [3.63, 3.8) is 0 Å². The van der Waals surface area contributed by atoms with Gasteiger partial charge in [0.25, 0.3) is 0 Å². The van der Waals surface area contributed by atoms with Crippen LogP contribution in [0, 0.1) is 5.41 Å². The molecule has 0 aliphatic carbocycles. The number of nitrogens with two attached hydrogens (primary N) is 1. The van der Waals surface area contributed by atoms with Crippen molar-refractivity contribution in [1.82, 2.24) is 10.2 Å². The highest BCUT2D eigenvalue weighted by atomic mass is 16.7. The number of Topliss-reactive ketones (excluding diaryl/α,β-unsaturated/α-hetero) is 1. The molecule has 0 saturated carbocycles. The standard InChI is InChI=1S/C25H37N3O6/c1-23(2)17-33-24(3,4)34-20(23)21(30)27-13-11-19(29)25(16-26)12-8-14-28(25)22(31)32-15-18-9-6-5-7-10-18/h5-7,9-10,20H,8,11-17,26H2,1-4H3,(H,27,30)/t20?,25-/m1/s1. The van der Waals surface area contributed by atoms with E-state index in [0.29, 0.717) is 26.0 Å². The quantitative estimate of drug-likeness (QED) is 0.592. The number of carbonyl (C=O) groups excluding carboxylic acids is 3. The van der Waals surface area contributed by atoms with E-state index in [2.05, 4.69) is 5.32 Å². The summed E-state index contributed by atoms with van der Waals surface area (Å²) in [7, 11) is 0. The minimum Gasteiger partial charge on any atom is -0.445 e. The van der Waals surface area contributed by atoms with Crippen LogP contribution in [0.25, 0.3) is 0 Å². The number of hydrogen-bond donors (Lipinski definition) is 2. The summed E-state index contributed by atoms with van der Waals surface area (Å²) in [5.74, 6) is -1.33. The highest BCUT2D eigenvalue weighted by Crippen LogP contribution is 2.35. The van der Waals surface area contributed by atoms with Crippen LogP contribution in [0.3, 0.4) is 0 Å². The minimum atomic E-state index is -1.12. The first-order chi connectivity index (χ1) is 16.0. The van der Waals surface area contributed by atoms with Gasteiger partial charge in [-0.1, -0.05) is 44.2 Å². The molecule has 0 bridgehead atoms. The van der Waals surface area contributed by atoms with Gasteiger partial charge in [-0.05, 0) is 32.3 Å². The highest BCUT2D eigenvalue weighted by molar-refractivity contribution is 5.93. The van der Waals surface area contributed by atoms with E-state index in [9.17, 15) is 14.4 Å². The molecule has 0 aromatic heterocycles. The number of hydrogen-bond acceptors (Lipinski definition) is 7. The molecule has 9 heteroatoms. The zero-order chi connectivity index (χ0) is 25.0. The van der Waals surface area contributed by atoms with Crippen molar-refractivity contribution in [1.29, 1.82) is 0 Å². The molecule has 9 nitrogen and oxygen atoms in total. The van der Waals surface area contributed by atoms with Gasteiger partial charge in [0.1, 0.15) is 18.2 Å². The van der Waals surface area contributed by atoms with Crippen molar-refractivity contribution in [2.75, 3.05) is 26.2 Å². The molecule has 2 saturated heterocycles. The maximum Gasteiger partial charge on any atom is 0.410 e. The molecule has 2 aliphatic heterocycles. The minimum absolute atomic E-state index is 0.00448. The van der Waals surface area contributed by atoms with E-state index >= 15 is 0 Å². The predicted molar refractivity (Wildman–Crippen MR) is 126 cm³/mol. The molecule has 1 aromatic rings. The number of likely N-dealkylation sites (tertiary alicyclic amines) is 1. The molecule has 0 spiro atoms. The van der Waals surface area contributed by atoms with Crippen LogP contribution in [0.15, 0.2) is 30.3 Å². The van der Waals surface area contributed by atoms with Gasteiger partial charge in [-0.25, -0.2) is 4.79 Å². The molecule has 188 valence electrons. The Morgan fingerprint density at radius 1 is 1.18 bits per heavy atom. The zero-order valence-corrected chi connectivity index (χ0v) is 20.6. The van der Waals surface area contributed by atoms with Crippen molar-refractivity contribution in [2.24, 2.45) is 11.1 Å².